The van der Waals surface area contributed by atoms with Gasteiger partial charge in [0, 0.05) is 12.4 Å². The maximum atomic E-state index is 5.67. The van der Waals surface area contributed by atoms with Crippen molar-refractivity contribution >= 4 is 30.9 Å². The fraction of sp³-hybridized carbons (Fsp3) is 0.375. The van der Waals surface area contributed by atoms with Crippen LogP contribution in [0.4, 0.5) is 0 Å². The quantitative estimate of drug-likeness (QED) is 0.485. The van der Waals surface area contributed by atoms with Crippen LogP contribution in [0.15, 0.2) is 30.6 Å². The molecule has 0 aliphatic rings. The molecular formula is C8H15Cl2NSi. The van der Waals surface area contributed by atoms with Crippen LogP contribution >= 0.6 is 23.5 Å². The van der Waals surface area contributed by atoms with Crippen LogP contribution in [-0.2, 0) is 0 Å². The van der Waals surface area contributed by atoms with Gasteiger partial charge in [0.15, 0.2) is 0 Å². The van der Waals surface area contributed by atoms with Gasteiger partial charge in [0.1, 0.15) is 7.38 Å². The van der Waals surface area contributed by atoms with Crippen LogP contribution in [0.5, 0.6) is 0 Å². The van der Waals surface area contributed by atoms with E-state index in [0.29, 0.717) is 0 Å². The minimum absolute atomic E-state index is 0. The lowest BCUT2D eigenvalue weighted by molar-refractivity contribution is 1.33. The van der Waals surface area contributed by atoms with Crippen molar-refractivity contribution in [1.82, 2.24) is 4.98 Å². The van der Waals surface area contributed by atoms with E-state index in [1.807, 2.05) is 18.2 Å². The second kappa shape index (κ2) is 7.59. The summed E-state index contributed by atoms with van der Waals surface area (Å²) in [6, 6.07) is 5.72. The molecule has 0 aliphatic heterocycles. The fourth-order valence-electron chi connectivity index (χ4n) is 0.313. The molecule has 0 bridgehead atoms. The molecule has 0 N–H and O–H groups in total. The Morgan fingerprint density at radius 2 is 1.33 bits per heavy atom. The smallest absolute Gasteiger partial charge is 0.147 e. The Hall–Kier alpha value is -0.0531. The average Bonchev–Trinajstić information content (AvgIpc) is 1.88. The number of pyridine rings is 1. The molecule has 0 amide bonds. The third-order valence-corrected chi connectivity index (χ3v) is 0.566. The summed E-state index contributed by atoms with van der Waals surface area (Å²) in [5.74, 6) is 0. The van der Waals surface area contributed by atoms with Gasteiger partial charge in [-0.25, -0.2) is 0 Å². The zero-order chi connectivity index (χ0) is 8.74. The number of halogens is 2. The summed E-state index contributed by atoms with van der Waals surface area (Å²) >= 11 is 5.67. The van der Waals surface area contributed by atoms with Gasteiger partial charge in [-0.15, -0.1) is 12.4 Å². The first-order valence-corrected chi connectivity index (χ1v) is 8.05. The molecule has 1 aromatic rings. The topological polar surface area (TPSA) is 12.9 Å². The van der Waals surface area contributed by atoms with Crippen molar-refractivity contribution < 1.29 is 0 Å². The minimum atomic E-state index is -1.14. The van der Waals surface area contributed by atoms with Gasteiger partial charge in [-0.1, -0.05) is 25.7 Å². The van der Waals surface area contributed by atoms with Crippen molar-refractivity contribution in [2.24, 2.45) is 0 Å². The molecule has 1 heterocycles. The molecule has 12 heavy (non-hydrogen) atoms. The molecule has 0 saturated heterocycles. The van der Waals surface area contributed by atoms with Crippen molar-refractivity contribution in [3.8, 4) is 0 Å². The highest BCUT2D eigenvalue weighted by Gasteiger charge is 2.04. The average molecular weight is 224 g/mol. The molecule has 0 saturated carbocycles. The zero-order valence-corrected chi connectivity index (χ0v) is 10.2. The predicted octanol–water partition coefficient (Wildman–Crippen LogP) is 3.56. The van der Waals surface area contributed by atoms with Gasteiger partial charge in [0.25, 0.3) is 0 Å². The highest BCUT2D eigenvalue weighted by Crippen LogP contribution is 2.03. The van der Waals surface area contributed by atoms with Crippen LogP contribution in [0.2, 0.25) is 19.6 Å². The summed E-state index contributed by atoms with van der Waals surface area (Å²) in [6.07, 6.45) is 3.50. The SMILES string of the molecule is C[Si](C)(C)Cl.Cl.c1ccncc1. The molecule has 1 nitrogen and oxygen atoms in total. The first kappa shape index (κ1) is 14.5. The molecule has 0 fully saturated rings. The number of hydrogen-bond donors (Lipinski definition) is 0. The van der Waals surface area contributed by atoms with Gasteiger partial charge in [-0.2, -0.15) is 11.1 Å². The molecule has 0 aromatic carbocycles. The third-order valence-electron chi connectivity index (χ3n) is 0.566. The largest absolute Gasteiger partial charge is 0.265 e. The first-order valence-electron chi connectivity index (χ1n) is 3.54. The summed E-state index contributed by atoms with van der Waals surface area (Å²) in [5, 5.41) is 0. The number of nitrogens with zero attached hydrogens (tertiary/aromatic N) is 1. The van der Waals surface area contributed by atoms with Crippen molar-refractivity contribution in [3.05, 3.63) is 30.6 Å². The van der Waals surface area contributed by atoms with E-state index < -0.39 is 7.38 Å². The summed E-state index contributed by atoms with van der Waals surface area (Å²) in [5.41, 5.74) is 0. The molecule has 0 aliphatic carbocycles. The van der Waals surface area contributed by atoms with Crippen molar-refractivity contribution in [2.75, 3.05) is 0 Å². The number of hydrogen-bond acceptors (Lipinski definition) is 1. The van der Waals surface area contributed by atoms with Crippen LogP contribution in [0.1, 0.15) is 0 Å². The fourth-order valence-corrected chi connectivity index (χ4v) is 0.313. The van der Waals surface area contributed by atoms with Gasteiger partial charge in [-0.05, 0) is 12.1 Å². The minimum Gasteiger partial charge on any atom is -0.265 e. The molecule has 0 atom stereocenters. The lowest BCUT2D eigenvalue weighted by Gasteiger charge is -1.97. The van der Waals surface area contributed by atoms with Gasteiger partial charge >= 0.3 is 0 Å². The van der Waals surface area contributed by atoms with Crippen LogP contribution in [0, 0.1) is 0 Å². The maximum absolute atomic E-state index is 5.67. The summed E-state index contributed by atoms with van der Waals surface area (Å²) in [4.78, 5) is 3.78. The third kappa shape index (κ3) is 22.5. The Labute approximate surface area is 86.3 Å². The molecule has 70 valence electrons. The van der Waals surface area contributed by atoms with E-state index in [1.165, 1.54) is 0 Å². The lowest BCUT2D eigenvalue weighted by atomic mass is 10.5. The maximum Gasteiger partial charge on any atom is 0.147 e. The van der Waals surface area contributed by atoms with E-state index in [-0.39, 0.29) is 12.4 Å². The lowest BCUT2D eigenvalue weighted by Crippen LogP contribution is -2.06. The molecule has 0 unspecified atom stereocenters. The Morgan fingerprint density at radius 1 is 1.00 bits per heavy atom. The summed E-state index contributed by atoms with van der Waals surface area (Å²) in [7, 11) is -1.14. The molecule has 1 rings (SSSR count). The highest BCUT2D eigenvalue weighted by molar-refractivity contribution is 7.18. The van der Waals surface area contributed by atoms with Gasteiger partial charge < -0.3 is 0 Å². The van der Waals surface area contributed by atoms with Crippen LogP contribution in [0.3, 0.4) is 0 Å². The second-order valence-corrected chi connectivity index (χ2v) is 10.6. The number of rotatable bonds is 0. The van der Waals surface area contributed by atoms with Crippen LogP contribution in [-0.4, -0.2) is 12.4 Å². The van der Waals surface area contributed by atoms with E-state index in [0.717, 1.165) is 0 Å². The molecule has 4 heteroatoms. The van der Waals surface area contributed by atoms with E-state index in [4.69, 9.17) is 11.1 Å². The van der Waals surface area contributed by atoms with Crippen molar-refractivity contribution in [2.45, 2.75) is 19.6 Å². The predicted molar refractivity (Wildman–Crippen MR) is 60.7 cm³/mol. The van der Waals surface area contributed by atoms with E-state index in [9.17, 15) is 0 Å². The van der Waals surface area contributed by atoms with Gasteiger partial charge in [-0.3, -0.25) is 4.98 Å². The first-order chi connectivity index (χ1) is 5.00. The second-order valence-electron chi connectivity index (χ2n) is 3.09. The Bertz CT molecular complexity index is 141. The van der Waals surface area contributed by atoms with E-state index in [2.05, 4.69) is 24.6 Å². The standard InChI is InChI=1S/C5H5N.C3H9ClSi.ClH/c1-2-4-6-5-3-1;1-5(2,3)4;/h1-5H;1-3H3;1H. The molecular weight excluding hydrogens is 209 g/mol. The van der Waals surface area contributed by atoms with Gasteiger partial charge in [0.2, 0.25) is 0 Å². The zero-order valence-electron chi connectivity index (χ0n) is 7.62. The van der Waals surface area contributed by atoms with Crippen molar-refractivity contribution in [1.29, 1.82) is 0 Å². The van der Waals surface area contributed by atoms with E-state index in [1.54, 1.807) is 12.4 Å². The monoisotopic (exact) mass is 223 g/mol. The Morgan fingerprint density at radius 3 is 1.42 bits per heavy atom. The van der Waals surface area contributed by atoms with E-state index >= 15 is 0 Å². The summed E-state index contributed by atoms with van der Waals surface area (Å²) < 4.78 is 0. The van der Waals surface area contributed by atoms with Crippen LogP contribution < -0.4 is 0 Å². The normalized spacial score (nSPS) is 9.00. The molecule has 1 aromatic heterocycles. The van der Waals surface area contributed by atoms with Crippen molar-refractivity contribution in [3.63, 3.8) is 0 Å². The molecule has 0 radical (unpaired) electrons. The summed E-state index contributed by atoms with van der Waals surface area (Å²) in [6.45, 7) is 6.28. The van der Waals surface area contributed by atoms with Gasteiger partial charge in [0.05, 0.1) is 0 Å². The Balaban J connectivity index is 0. The number of aromatic nitrogens is 1. The molecule has 0 spiro atoms. The highest BCUT2D eigenvalue weighted by atomic mass is 35.6. The van der Waals surface area contributed by atoms with Crippen LogP contribution in [0.25, 0.3) is 0 Å². The Kier molecular flexibility index (Phi) is 9.15.